The third-order valence-corrected chi connectivity index (χ3v) is 6.74. The van der Waals surface area contributed by atoms with E-state index in [0.29, 0.717) is 24.5 Å². The van der Waals surface area contributed by atoms with Gasteiger partial charge in [0.1, 0.15) is 11.5 Å². The van der Waals surface area contributed by atoms with Gasteiger partial charge in [-0.3, -0.25) is 4.79 Å². The molecule has 0 radical (unpaired) electrons. The smallest absolute Gasteiger partial charge is 0.248 e. The first-order valence-corrected chi connectivity index (χ1v) is 10.4. The highest BCUT2D eigenvalue weighted by molar-refractivity contribution is 7.89. The number of fused-ring (bicyclic) bond motifs is 1. The third-order valence-electron chi connectivity index (χ3n) is 4.70. The molecule has 0 spiro atoms. The van der Waals surface area contributed by atoms with Crippen molar-refractivity contribution in [1.82, 2.24) is 4.31 Å². The zero-order valence-electron chi connectivity index (χ0n) is 14.8. The van der Waals surface area contributed by atoms with Crippen molar-refractivity contribution >= 4 is 27.5 Å². The molecular formula is C20H17ClN2O4S. The number of amides is 1. The summed E-state index contributed by atoms with van der Waals surface area (Å²) in [7, 11) is -3.86. The molecule has 1 aromatic heterocycles. The number of carbonyl (C=O) groups is 1. The van der Waals surface area contributed by atoms with E-state index < -0.39 is 15.9 Å². The summed E-state index contributed by atoms with van der Waals surface area (Å²) in [4.78, 5) is 11.4. The van der Waals surface area contributed by atoms with Crippen LogP contribution in [0, 0.1) is 0 Å². The molecule has 0 fully saturated rings. The van der Waals surface area contributed by atoms with Gasteiger partial charge < -0.3 is 10.2 Å². The maximum absolute atomic E-state index is 13.1. The van der Waals surface area contributed by atoms with E-state index in [4.69, 9.17) is 21.8 Å². The molecule has 2 N–H and O–H groups in total. The maximum Gasteiger partial charge on any atom is 0.248 e. The first-order chi connectivity index (χ1) is 13.3. The van der Waals surface area contributed by atoms with E-state index in [2.05, 4.69) is 0 Å². The van der Waals surface area contributed by atoms with E-state index in [9.17, 15) is 13.2 Å². The summed E-state index contributed by atoms with van der Waals surface area (Å²) < 4.78 is 33.4. The van der Waals surface area contributed by atoms with Crippen LogP contribution in [0.15, 0.2) is 63.9 Å². The van der Waals surface area contributed by atoms with Crippen molar-refractivity contribution in [1.29, 1.82) is 0 Å². The number of nitrogens with two attached hydrogens (primary N) is 1. The van der Waals surface area contributed by atoms with Gasteiger partial charge in [0.25, 0.3) is 0 Å². The van der Waals surface area contributed by atoms with Crippen LogP contribution in [-0.2, 0) is 23.0 Å². The molecule has 2 aromatic carbocycles. The largest absolute Gasteiger partial charge is 0.459 e. The Hall–Kier alpha value is -2.61. The van der Waals surface area contributed by atoms with Crippen LogP contribution in [0.1, 0.15) is 21.7 Å². The molecule has 0 atom stereocenters. The first-order valence-electron chi connectivity index (χ1n) is 8.62. The summed E-state index contributed by atoms with van der Waals surface area (Å²) in [6.07, 6.45) is 0.536. The molecule has 3 aromatic rings. The molecule has 144 valence electrons. The Labute approximate surface area is 167 Å². The van der Waals surface area contributed by atoms with Gasteiger partial charge >= 0.3 is 0 Å². The SMILES string of the molecule is NC(=O)c1cc(Cl)cc(S(=O)(=O)N2CCc3cc(-c4ccccc4)oc3C2)c1. The van der Waals surface area contributed by atoms with Gasteiger partial charge in [0.15, 0.2) is 0 Å². The Bertz CT molecular complexity index is 1160. The van der Waals surface area contributed by atoms with E-state index in [1.807, 2.05) is 36.4 Å². The highest BCUT2D eigenvalue weighted by Gasteiger charge is 2.31. The molecule has 0 bridgehead atoms. The number of carbonyl (C=O) groups excluding carboxylic acids is 1. The van der Waals surface area contributed by atoms with Crippen molar-refractivity contribution in [2.45, 2.75) is 17.9 Å². The van der Waals surface area contributed by atoms with Crippen LogP contribution in [0.3, 0.4) is 0 Å². The minimum absolute atomic E-state index is 0.0492. The predicted molar refractivity (Wildman–Crippen MR) is 105 cm³/mol. The number of rotatable bonds is 4. The third kappa shape index (κ3) is 3.44. The monoisotopic (exact) mass is 416 g/mol. The summed E-state index contributed by atoms with van der Waals surface area (Å²) in [5, 5.41) is 0.136. The Morgan fingerprint density at radius 3 is 2.57 bits per heavy atom. The number of nitrogens with zero attached hydrogens (tertiary/aromatic N) is 1. The summed E-state index contributed by atoms with van der Waals surface area (Å²) in [6, 6.07) is 15.5. The van der Waals surface area contributed by atoms with Gasteiger partial charge in [0.2, 0.25) is 15.9 Å². The molecule has 28 heavy (non-hydrogen) atoms. The molecule has 2 heterocycles. The number of furan rings is 1. The van der Waals surface area contributed by atoms with Crippen LogP contribution in [-0.4, -0.2) is 25.2 Å². The predicted octanol–water partition coefficient (Wildman–Crippen LogP) is 3.45. The summed E-state index contributed by atoms with van der Waals surface area (Å²) in [5.41, 5.74) is 7.25. The van der Waals surface area contributed by atoms with Gasteiger partial charge in [-0.1, -0.05) is 41.9 Å². The maximum atomic E-state index is 13.1. The van der Waals surface area contributed by atoms with E-state index in [0.717, 1.165) is 11.1 Å². The molecular weight excluding hydrogens is 400 g/mol. The van der Waals surface area contributed by atoms with E-state index in [1.54, 1.807) is 0 Å². The molecule has 1 aliphatic heterocycles. The number of hydrogen-bond acceptors (Lipinski definition) is 4. The lowest BCUT2D eigenvalue weighted by atomic mass is 10.1. The van der Waals surface area contributed by atoms with E-state index in [-0.39, 0.29) is 22.0 Å². The van der Waals surface area contributed by atoms with Gasteiger partial charge in [-0.05, 0) is 36.2 Å². The first kappa shape index (κ1) is 18.7. The fourth-order valence-corrected chi connectivity index (χ4v) is 5.02. The van der Waals surface area contributed by atoms with Gasteiger partial charge in [0.05, 0.1) is 11.4 Å². The van der Waals surface area contributed by atoms with Crippen molar-refractivity contribution in [3.8, 4) is 11.3 Å². The molecule has 1 aliphatic rings. The number of sulfonamides is 1. The van der Waals surface area contributed by atoms with Crippen molar-refractivity contribution in [3.05, 3.63) is 76.5 Å². The van der Waals surface area contributed by atoms with Crippen LogP contribution in [0.2, 0.25) is 5.02 Å². The topological polar surface area (TPSA) is 93.6 Å². The normalized spacial score (nSPS) is 14.6. The van der Waals surface area contributed by atoms with E-state index >= 15 is 0 Å². The standard InChI is InChI=1S/C20H17ClN2O4S/c21-16-8-15(20(22)24)9-17(11-16)28(25,26)23-7-6-14-10-18(27-19(14)12-23)13-4-2-1-3-5-13/h1-5,8-11H,6-7,12H2,(H2,22,24). The van der Waals surface area contributed by atoms with Crippen LogP contribution >= 0.6 is 11.6 Å². The van der Waals surface area contributed by atoms with Crippen LogP contribution in [0.25, 0.3) is 11.3 Å². The van der Waals surface area contributed by atoms with Crippen molar-refractivity contribution in [2.24, 2.45) is 5.73 Å². The highest BCUT2D eigenvalue weighted by atomic mass is 35.5. The summed E-state index contributed by atoms with van der Waals surface area (Å²) in [5.74, 6) is 0.591. The summed E-state index contributed by atoms with van der Waals surface area (Å²) in [6.45, 7) is 0.421. The van der Waals surface area contributed by atoms with Crippen LogP contribution in [0.4, 0.5) is 0 Å². The van der Waals surface area contributed by atoms with Crippen molar-refractivity contribution in [3.63, 3.8) is 0 Å². The lowest BCUT2D eigenvalue weighted by molar-refractivity contribution is 0.1000. The second-order valence-electron chi connectivity index (χ2n) is 6.55. The zero-order valence-corrected chi connectivity index (χ0v) is 16.3. The number of hydrogen-bond donors (Lipinski definition) is 1. The minimum Gasteiger partial charge on any atom is -0.459 e. The molecule has 0 saturated carbocycles. The number of benzene rings is 2. The van der Waals surface area contributed by atoms with Gasteiger partial charge in [0, 0.05) is 22.7 Å². The van der Waals surface area contributed by atoms with Crippen LogP contribution in [0.5, 0.6) is 0 Å². The Morgan fingerprint density at radius 2 is 1.86 bits per heavy atom. The minimum atomic E-state index is -3.86. The average molecular weight is 417 g/mol. The second kappa shape index (κ2) is 7.09. The molecule has 0 aliphatic carbocycles. The quantitative estimate of drug-likeness (QED) is 0.704. The Balaban J connectivity index is 1.65. The molecule has 0 saturated heterocycles. The second-order valence-corrected chi connectivity index (χ2v) is 8.93. The Kier molecular flexibility index (Phi) is 4.74. The zero-order chi connectivity index (χ0) is 19.9. The Morgan fingerprint density at radius 1 is 1.11 bits per heavy atom. The fourth-order valence-electron chi connectivity index (χ4n) is 3.25. The number of primary amides is 1. The van der Waals surface area contributed by atoms with E-state index in [1.165, 1.54) is 22.5 Å². The lowest BCUT2D eigenvalue weighted by Crippen LogP contribution is -2.35. The summed E-state index contributed by atoms with van der Waals surface area (Å²) >= 11 is 5.98. The van der Waals surface area contributed by atoms with Gasteiger partial charge in [-0.25, -0.2) is 8.42 Å². The fraction of sp³-hybridized carbons (Fsp3) is 0.150. The van der Waals surface area contributed by atoms with Gasteiger partial charge in [-0.15, -0.1) is 0 Å². The van der Waals surface area contributed by atoms with Crippen LogP contribution < -0.4 is 5.73 Å². The van der Waals surface area contributed by atoms with Crippen molar-refractivity contribution in [2.75, 3.05) is 6.54 Å². The molecule has 6 nitrogen and oxygen atoms in total. The number of halogens is 1. The molecule has 8 heteroatoms. The average Bonchev–Trinajstić information content (AvgIpc) is 3.11. The van der Waals surface area contributed by atoms with Gasteiger partial charge in [-0.2, -0.15) is 4.31 Å². The van der Waals surface area contributed by atoms with Crippen molar-refractivity contribution < 1.29 is 17.6 Å². The molecule has 1 amide bonds. The molecule has 4 rings (SSSR count). The molecule has 0 unspecified atom stereocenters. The highest BCUT2D eigenvalue weighted by Crippen LogP contribution is 2.32. The lowest BCUT2D eigenvalue weighted by Gasteiger charge is -2.25.